The van der Waals surface area contributed by atoms with Crippen LogP contribution in [-0.2, 0) is 18.9 Å². The first kappa shape index (κ1) is 57.1. The topological polar surface area (TPSA) is 231 Å². The van der Waals surface area contributed by atoms with Gasteiger partial charge in [0.1, 0.15) is 36.6 Å². The predicted molar refractivity (Wildman–Crippen MR) is 219 cm³/mol. The van der Waals surface area contributed by atoms with Crippen molar-refractivity contribution in [3.05, 3.63) is 12.3 Å². The van der Waals surface area contributed by atoms with Crippen LogP contribution >= 0.6 is 0 Å². The zero-order valence-electron chi connectivity index (χ0n) is 37.6. The van der Waals surface area contributed by atoms with E-state index in [4.69, 9.17) is 18.9 Å². The van der Waals surface area contributed by atoms with Crippen LogP contribution in [0.2, 0.25) is 0 Å². The van der Waals surface area contributed by atoms with E-state index < -0.39 is 73.6 Å². The highest BCUT2D eigenvalue weighted by atomic mass is 16.7. The van der Waals surface area contributed by atoms with Gasteiger partial charge in [-0.25, -0.2) is 0 Å². The number of ether oxygens (including phenoxy) is 4. The van der Waals surface area contributed by atoms with Gasteiger partial charge in [-0.2, -0.15) is 0 Å². The summed E-state index contributed by atoms with van der Waals surface area (Å²) < 4.78 is 21.0. The molecule has 2 saturated heterocycles. The van der Waals surface area contributed by atoms with Crippen molar-refractivity contribution in [3.8, 4) is 0 Å². The highest BCUT2D eigenvalue weighted by Crippen LogP contribution is 2.36. The Morgan fingerprint density at radius 1 is 0.661 bits per heavy atom. The van der Waals surface area contributed by atoms with Crippen molar-refractivity contribution in [2.45, 2.75) is 215 Å². The van der Waals surface area contributed by atoms with Crippen LogP contribution in [0.3, 0.4) is 0 Å². The summed E-state index contributed by atoms with van der Waals surface area (Å²) in [6.07, 6.45) is -1.31. The summed E-state index contributed by atoms with van der Waals surface area (Å²) in [5.74, 6) is -0.243. The summed E-state index contributed by atoms with van der Waals surface area (Å²) in [7, 11) is 2.89. The fourth-order valence-corrected chi connectivity index (χ4v) is 5.99. The predicted octanol–water partition coefficient (Wildman–Crippen LogP) is 3.60. The first-order valence-electron chi connectivity index (χ1n) is 20.5. The van der Waals surface area contributed by atoms with Gasteiger partial charge in [-0.05, 0) is 54.5 Å². The lowest BCUT2D eigenvalue weighted by Crippen LogP contribution is -2.58. The van der Waals surface area contributed by atoms with Gasteiger partial charge in [0.25, 0.3) is 0 Å². The van der Waals surface area contributed by atoms with Crippen LogP contribution in [0.1, 0.15) is 135 Å². The third-order valence-corrected chi connectivity index (χ3v) is 9.48. The van der Waals surface area contributed by atoms with E-state index in [0.29, 0.717) is 19.3 Å². The van der Waals surface area contributed by atoms with Gasteiger partial charge in [-0.15, -0.1) is 0 Å². The highest BCUT2D eigenvalue weighted by Gasteiger charge is 2.47. The average molecular weight is 814 g/mol. The Labute approximate surface area is 339 Å². The summed E-state index contributed by atoms with van der Waals surface area (Å²) in [6.45, 7) is 26.9. The largest absolute Gasteiger partial charge is 0.391 e. The summed E-state index contributed by atoms with van der Waals surface area (Å²) in [4.78, 5) is 0. The fraction of sp³-hybridized carbons (Fsp3) is 0.952. The van der Waals surface area contributed by atoms with E-state index in [2.05, 4.69) is 31.4 Å². The molecule has 0 saturated carbocycles. The molecule has 0 bridgehead atoms. The van der Waals surface area contributed by atoms with Crippen molar-refractivity contribution >= 4 is 0 Å². The van der Waals surface area contributed by atoms with Crippen LogP contribution in [0, 0.1) is 22.2 Å². The normalized spacial score (nSPS) is 30.7. The highest BCUT2D eigenvalue weighted by molar-refractivity contribution is 4.93. The molecule has 2 heterocycles. The molecule has 0 radical (unpaired) electrons. The van der Waals surface area contributed by atoms with E-state index in [1.165, 1.54) is 39.9 Å². The Morgan fingerprint density at radius 2 is 1.18 bits per heavy atom. The standard InChI is InChI=1S/C11H22O5.C11H22O4.C11H24O4.C9H19N/c1-11(2,3)5-6-7(12)8(13)9(14)10(15-4)16-6;1-6-7(12)9(11(2,3)4)15-10(14-5)8(6)13;1-5-7(12)9(14)10(15)8(13)6-11(2,3)4;1-3-5-6-7-9-10-8-4-2/h6-10,12-14H,5H2,1-4H3;6-10,12-13H,1-5H3;7-10,12-15H,5-6H2,1-4H3;7,9-10H,3-6,8H2,1-2H3. The molecule has 2 fully saturated rings. The van der Waals surface area contributed by atoms with Crippen LogP contribution in [0.4, 0.5) is 0 Å². The zero-order valence-corrected chi connectivity index (χ0v) is 37.6. The third-order valence-electron chi connectivity index (χ3n) is 9.48. The number of methoxy groups -OCH3 is 2. The second-order valence-electron chi connectivity index (χ2n) is 18.7. The second kappa shape index (κ2) is 27.7. The van der Waals surface area contributed by atoms with Crippen molar-refractivity contribution < 1.29 is 64.9 Å². The van der Waals surface area contributed by atoms with Crippen LogP contribution in [0.15, 0.2) is 12.3 Å². The van der Waals surface area contributed by atoms with Gasteiger partial charge >= 0.3 is 0 Å². The molecule has 0 aromatic rings. The molecule has 0 amide bonds. The quantitative estimate of drug-likeness (QED) is 0.113. The lowest BCUT2D eigenvalue weighted by molar-refractivity contribution is -0.293. The molecule has 14 unspecified atom stereocenters. The monoisotopic (exact) mass is 814 g/mol. The fourth-order valence-electron chi connectivity index (χ4n) is 5.99. The summed E-state index contributed by atoms with van der Waals surface area (Å²) >= 11 is 0. The molecule has 14 atom stereocenters. The van der Waals surface area contributed by atoms with E-state index in [9.17, 15) is 46.0 Å². The van der Waals surface area contributed by atoms with Crippen molar-refractivity contribution in [1.29, 1.82) is 0 Å². The lowest BCUT2D eigenvalue weighted by atomic mass is 9.78. The molecule has 56 heavy (non-hydrogen) atoms. The Kier molecular flexibility index (Phi) is 28.3. The molecule has 2 aliphatic rings. The maximum absolute atomic E-state index is 10.0. The number of aliphatic hydroxyl groups excluding tert-OH is 9. The van der Waals surface area contributed by atoms with E-state index in [1.54, 1.807) is 6.92 Å². The van der Waals surface area contributed by atoms with E-state index in [1.807, 2.05) is 69.2 Å². The van der Waals surface area contributed by atoms with Gasteiger partial charge in [-0.3, -0.25) is 0 Å². The first-order chi connectivity index (χ1) is 25.6. The summed E-state index contributed by atoms with van der Waals surface area (Å²) in [6, 6.07) is 0. The number of nitrogens with one attached hydrogen (secondary N) is 1. The number of allylic oxidation sites excluding steroid dienone is 1. The number of hydrogen-bond acceptors (Lipinski definition) is 14. The van der Waals surface area contributed by atoms with Gasteiger partial charge < -0.3 is 70.2 Å². The SMILES string of the molecule is CCC(O)C(O)C(O)C(O)CC(C)(C)C.CCCCC=CNCCC.COC1OC(C(C)(C)C)C(O)C(C)C1O.COC1OC(CC(C)(C)C)C(O)C(O)C1O. The Morgan fingerprint density at radius 3 is 1.61 bits per heavy atom. The van der Waals surface area contributed by atoms with Gasteiger partial charge in [0.05, 0.1) is 30.5 Å². The lowest BCUT2D eigenvalue weighted by Gasteiger charge is -2.45. The first-order valence-corrected chi connectivity index (χ1v) is 20.5. The molecule has 0 aromatic carbocycles. The van der Waals surface area contributed by atoms with E-state index in [-0.39, 0.29) is 28.3 Å². The molecule has 0 aliphatic carbocycles. The molecular formula is C42H87NO13. The molecule has 14 heteroatoms. The number of hydrogen-bond donors (Lipinski definition) is 10. The molecule has 10 N–H and O–H groups in total. The molecule has 2 rings (SSSR count). The average Bonchev–Trinajstić information content (AvgIpc) is 3.10. The minimum Gasteiger partial charge on any atom is -0.391 e. The van der Waals surface area contributed by atoms with Crippen LogP contribution in [0.5, 0.6) is 0 Å². The molecule has 338 valence electrons. The maximum atomic E-state index is 10.0. The van der Waals surface area contributed by atoms with Gasteiger partial charge in [0.2, 0.25) is 0 Å². The number of rotatable bonds is 14. The summed E-state index contributed by atoms with van der Waals surface area (Å²) in [5.41, 5.74) is -0.339. The maximum Gasteiger partial charge on any atom is 0.186 e. The summed E-state index contributed by atoms with van der Waals surface area (Å²) in [5, 5.41) is 90.1. The van der Waals surface area contributed by atoms with Gasteiger partial charge in [0, 0.05) is 26.7 Å². The molecule has 2 aliphatic heterocycles. The Balaban J connectivity index is 0. The van der Waals surface area contributed by atoms with E-state index >= 15 is 0 Å². The number of unbranched alkanes of at least 4 members (excludes halogenated alkanes) is 2. The van der Waals surface area contributed by atoms with E-state index in [0.717, 1.165) is 6.54 Å². The molecule has 0 aromatic heterocycles. The minimum atomic E-state index is -1.29. The van der Waals surface area contributed by atoms with Crippen molar-refractivity contribution in [2.24, 2.45) is 22.2 Å². The van der Waals surface area contributed by atoms with Crippen molar-refractivity contribution in [2.75, 3.05) is 20.8 Å². The van der Waals surface area contributed by atoms with Gasteiger partial charge in [-0.1, -0.05) is 109 Å². The van der Waals surface area contributed by atoms with Crippen LogP contribution < -0.4 is 5.32 Å². The third kappa shape index (κ3) is 22.4. The molecular weight excluding hydrogens is 726 g/mol. The Hall–Kier alpha value is -0.980. The zero-order chi connectivity index (χ0) is 44.2. The van der Waals surface area contributed by atoms with Crippen LogP contribution in [0.25, 0.3) is 0 Å². The van der Waals surface area contributed by atoms with Crippen molar-refractivity contribution in [1.82, 2.24) is 5.32 Å². The molecule has 14 nitrogen and oxygen atoms in total. The smallest absolute Gasteiger partial charge is 0.186 e. The second-order valence-corrected chi connectivity index (χ2v) is 18.7. The van der Waals surface area contributed by atoms with Crippen molar-refractivity contribution in [3.63, 3.8) is 0 Å². The van der Waals surface area contributed by atoms with Crippen LogP contribution in [-0.4, -0.2) is 146 Å². The minimum absolute atomic E-state index is 0.0358. The Bertz CT molecular complexity index is 980. The number of aliphatic hydroxyl groups is 9. The molecule has 0 spiro atoms. The van der Waals surface area contributed by atoms with Gasteiger partial charge in [0.15, 0.2) is 12.6 Å².